The van der Waals surface area contributed by atoms with Gasteiger partial charge in [-0.3, -0.25) is 4.79 Å². The maximum Gasteiger partial charge on any atom is 0.240 e. The van der Waals surface area contributed by atoms with Gasteiger partial charge >= 0.3 is 0 Å². The fourth-order valence-corrected chi connectivity index (χ4v) is 1.53. The normalized spacial score (nSPS) is 11.9. The minimum absolute atomic E-state index is 0.0559. The Bertz CT molecular complexity index is 462. The lowest BCUT2D eigenvalue weighted by atomic mass is 10.0. The number of aromatic nitrogens is 1. The van der Waals surface area contributed by atoms with E-state index in [2.05, 4.69) is 10.3 Å². The summed E-state index contributed by atoms with van der Waals surface area (Å²) < 4.78 is 0. The number of aryl methyl sites for hydroxylation is 1. The Morgan fingerprint density at radius 2 is 2.18 bits per heavy atom. The van der Waals surface area contributed by atoms with E-state index in [1.165, 1.54) is 0 Å². The van der Waals surface area contributed by atoms with Crippen molar-refractivity contribution in [1.29, 1.82) is 5.26 Å². The molecule has 5 heteroatoms. The highest BCUT2D eigenvalue weighted by Gasteiger charge is 2.19. The van der Waals surface area contributed by atoms with Crippen molar-refractivity contribution in [2.45, 2.75) is 26.8 Å². The molecule has 0 aliphatic rings. The number of carbonyl (C=O) groups is 1. The molecule has 17 heavy (non-hydrogen) atoms. The Labute approximate surface area is 101 Å². The molecular formula is C12H16N4O. The van der Waals surface area contributed by atoms with E-state index in [0.717, 1.165) is 5.69 Å². The third-order valence-corrected chi connectivity index (χ3v) is 2.36. The molecule has 0 bridgehead atoms. The van der Waals surface area contributed by atoms with Gasteiger partial charge in [0.05, 0.1) is 11.6 Å². The summed E-state index contributed by atoms with van der Waals surface area (Å²) in [5.41, 5.74) is 6.53. The molecule has 1 aromatic rings. The lowest BCUT2D eigenvalue weighted by molar-refractivity contribution is -0.119. The van der Waals surface area contributed by atoms with Crippen molar-refractivity contribution in [3.8, 4) is 6.07 Å². The van der Waals surface area contributed by atoms with Crippen LogP contribution in [-0.2, 0) is 4.79 Å². The Hall–Kier alpha value is -2.09. The molecular weight excluding hydrogens is 216 g/mol. The predicted molar refractivity (Wildman–Crippen MR) is 65.1 cm³/mol. The average Bonchev–Trinajstić information content (AvgIpc) is 2.24. The molecule has 5 nitrogen and oxygen atoms in total. The smallest absolute Gasteiger partial charge is 0.240 e. The second-order valence-electron chi connectivity index (χ2n) is 4.26. The number of anilines is 1. The van der Waals surface area contributed by atoms with E-state index >= 15 is 0 Å². The minimum atomic E-state index is -0.490. The van der Waals surface area contributed by atoms with Crippen LogP contribution in [0.1, 0.15) is 25.1 Å². The molecule has 1 atom stereocenters. The van der Waals surface area contributed by atoms with Crippen molar-refractivity contribution in [1.82, 2.24) is 4.98 Å². The van der Waals surface area contributed by atoms with E-state index in [9.17, 15) is 4.79 Å². The van der Waals surface area contributed by atoms with Gasteiger partial charge < -0.3 is 11.1 Å². The molecule has 1 heterocycles. The summed E-state index contributed by atoms with van der Waals surface area (Å²) in [7, 11) is 0. The molecule has 0 fully saturated rings. The van der Waals surface area contributed by atoms with Gasteiger partial charge in [-0.05, 0) is 25.0 Å². The van der Waals surface area contributed by atoms with Crippen molar-refractivity contribution in [2.24, 2.45) is 11.7 Å². The third kappa shape index (κ3) is 3.45. The van der Waals surface area contributed by atoms with Gasteiger partial charge in [0.1, 0.15) is 11.9 Å². The maximum absolute atomic E-state index is 11.3. The van der Waals surface area contributed by atoms with E-state index < -0.39 is 11.9 Å². The number of primary amides is 1. The van der Waals surface area contributed by atoms with Crippen LogP contribution in [-0.4, -0.2) is 16.9 Å². The maximum atomic E-state index is 11.3. The number of carbonyl (C=O) groups excluding carboxylic acids is 1. The third-order valence-electron chi connectivity index (χ3n) is 2.36. The summed E-state index contributed by atoms with van der Waals surface area (Å²) in [4.78, 5) is 15.5. The fraction of sp³-hybridized carbons (Fsp3) is 0.417. The zero-order valence-corrected chi connectivity index (χ0v) is 10.2. The van der Waals surface area contributed by atoms with Gasteiger partial charge in [-0.25, -0.2) is 4.98 Å². The summed E-state index contributed by atoms with van der Waals surface area (Å²) in [5, 5.41) is 11.8. The van der Waals surface area contributed by atoms with Crippen LogP contribution >= 0.6 is 0 Å². The first-order chi connectivity index (χ1) is 7.93. The first kappa shape index (κ1) is 13.0. The Kier molecular flexibility index (Phi) is 4.05. The number of pyridine rings is 1. The van der Waals surface area contributed by atoms with Crippen molar-refractivity contribution >= 4 is 11.7 Å². The Morgan fingerprint density at radius 1 is 1.53 bits per heavy atom. The van der Waals surface area contributed by atoms with Crippen LogP contribution in [0.15, 0.2) is 12.1 Å². The first-order valence-electron chi connectivity index (χ1n) is 5.38. The largest absolute Gasteiger partial charge is 0.368 e. The fourth-order valence-electron chi connectivity index (χ4n) is 1.53. The number of rotatable bonds is 4. The van der Waals surface area contributed by atoms with Gasteiger partial charge in [0.2, 0.25) is 5.91 Å². The molecule has 1 rings (SSSR count). The topological polar surface area (TPSA) is 91.8 Å². The average molecular weight is 232 g/mol. The van der Waals surface area contributed by atoms with Crippen molar-refractivity contribution in [3.05, 3.63) is 23.4 Å². The Balaban J connectivity index is 2.98. The van der Waals surface area contributed by atoms with Gasteiger partial charge in [0.25, 0.3) is 0 Å². The summed E-state index contributed by atoms with van der Waals surface area (Å²) in [6, 6.07) is 4.84. The highest BCUT2D eigenvalue weighted by Crippen LogP contribution is 2.13. The molecule has 1 aromatic heterocycles. The molecule has 1 unspecified atom stereocenters. The number of nitrogens with zero attached hydrogens (tertiary/aromatic N) is 2. The molecule has 0 saturated heterocycles. The van der Waals surface area contributed by atoms with Gasteiger partial charge in [-0.1, -0.05) is 13.8 Å². The van der Waals surface area contributed by atoms with Crippen molar-refractivity contribution in [3.63, 3.8) is 0 Å². The number of nitriles is 1. The molecule has 0 spiro atoms. The molecule has 0 radical (unpaired) electrons. The number of nitrogens with one attached hydrogen (secondary N) is 1. The van der Waals surface area contributed by atoms with E-state index in [4.69, 9.17) is 11.0 Å². The lowest BCUT2D eigenvalue weighted by Crippen LogP contribution is -2.39. The number of hydrogen-bond acceptors (Lipinski definition) is 4. The highest BCUT2D eigenvalue weighted by atomic mass is 16.1. The highest BCUT2D eigenvalue weighted by molar-refractivity contribution is 5.83. The van der Waals surface area contributed by atoms with Crippen LogP contribution < -0.4 is 11.1 Å². The zero-order chi connectivity index (χ0) is 13.0. The molecule has 0 saturated carbocycles. The monoisotopic (exact) mass is 232 g/mol. The SMILES string of the molecule is Cc1cc(C#N)cc(NC(C(N)=O)C(C)C)n1. The second-order valence-corrected chi connectivity index (χ2v) is 4.26. The van der Waals surface area contributed by atoms with Crippen LogP contribution in [0.2, 0.25) is 0 Å². The molecule has 3 N–H and O–H groups in total. The van der Waals surface area contributed by atoms with Crippen LogP contribution in [0.4, 0.5) is 5.82 Å². The zero-order valence-electron chi connectivity index (χ0n) is 10.2. The molecule has 1 amide bonds. The van der Waals surface area contributed by atoms with E-state index in [-0.39, 0.29) is 5.92 Å². The summed E-state index contributed by atoms with van der Waals surface area (Å²) >= 11 is 0. The molecule has 0 aromatic carbocycles. The first-order valence-corrected chi connectivity index (χ1v) is 5.38. The quantitative estimate of drug-likeness (QED) is 0.815. The van der Waals surface area contributed by atoms with Crippen LogP contribution in [0.25, 0.3) is 0 Å². The van der Waals surface area contributed by atoms with Crippen LogP contribution in [0.5, 0.6) is 0 Å². The summed E-state index contributed by atoms with van der Waals surface area (Å²) in [5.74, 6) is 0.126. The summed E-state index contributed by atoms with van der Waals surface area (Å²) in [6.07, 6.45) is 0. The van der Waals surface area contributed by atoms with Gasteiger partial charge in [-0.15, -0.1) is 0 Å². The van der Waals surface area contributed by atoms with E-state index in [1.54, 1.807) is 19.1 Å². The van der Waals surface area contributed by atoms with Crippen LogP contribution in [0.3, 0.4) is 0 Å². The molecule has 0 aliphatic heterocycles. The lowest BCUT2D eigenvalue weighted by Gasteiger charge is -2.19. The Morgan fingerprint density at radius 3 is 2.65 bits per heavy atom. The number of hydrogen-bond donors (Lipinski definition) is 2. The second kappa shape index (κ2) is 5.30. The molecule has 90 valence electrons. The van der Waals surface area contributed by atoms with Gasteiger partial charge in [-0.2, -0.15) is 5.26 Å². The minimum Gasteiger partial charge on any atom is -0.368 e. The van der Waals surface area contributed by atoms with Crippen molar-refractivity contribution < 1.29 is 4.79 Å². The predicted octanol–water partition coefficient (Wildman–Crippen LogP) is 1.18. The standard InChI is InChI=1S/C12H16N4O/c1-7(2)11(12(14)17)16-10-5-9(6-13)4-8(3)15-10/h4-5,7,11H,1-3H3,(H2,14,17)(H,15,16). The number of nitrogens with two attached hydrogens (primary N) is 1. The number of amides is 1. The van der Waals surface area contributed by atoms with E-state index in [1.807, 2.05) is 19.9 Å². The molecule has 0 aliphatic carbocycles. The van der Waals surface area contributed by atoms with Gasteiger partial charge in [0.15, 0.2) is 0 Å². The van der Waals surface area contributed by atoms with Gasteiger partial charge in [0, 0.05) is 5.69 Å². The van der Waals surface area contributed by atoms with E-state index in [0.29, 0.717) is 11.4 Å². The summed E-state index contributed by atoms with van der Waals surface area (Å²) in [6.45, 7) is 5.58. The van der Waals surface area contributed by atoms with Crippen molar-refractivity contribution in [2.75, 3.05) is 5.32 Å². The van der Waals surface area contributed by atoms with Crippen LogP contribution in [0, 0.1) is 24.2 Å².